The molecule has 14 heavy (non-hydrogen) atoms. The van der Waals surface area contributed by atoms with E-state index in [9.17, 15) is 0 Å². The van der Waals surface area contributed by atoms with Gasteiger partial charge in [-0.05, 0) is 0 Å². The highest BCUT2D eigenvalue weighted by molar-refractivity contribution is 6.40. The molecule has 0 aliphatic carbocycles. The Kier molecular flexibility index (Phi) is 2.28. The van der Waals surface area contributed by atoms with Crippen molar-refractivity contribution < 1.29 is 0 Å². The highest BCUT2D eigenvalue weighted by atomic mass is 35.5. The van der Waals surface area contributed by atoms with Crippen LogP contribution in [0, 0.1) is 11.3 Å². The topological polar surface area (TPSA) is 36.7 Å². The van der Waals surface area contributed by atoms with Crippen LogP contribution in [0.5, 0.6) is 0 Å². The Bertz CT molecular complexity index is 544. The Labute approximate surface area is 90.7 Å². The first-order valence-corrected chi connectivity index (χ1v) is 4.63. The van der Waals surface area contributed by atoms with Crippen LogP contribution in [0.4, 0.5) is 0 Å². The number of hydrogen-bond acceptors (Lipinski definition) is 2. The van der Waals surface area contributed by atoms with Gasteiger partial charge in [0.1, 0.15) is 11.2 Å². The number of pyridine rings is 1. The predicted molar refractivity (Wildman–Crippen MR) is 56.5 cm³/mol. The molecule has 0 fully saturated rings. The van der Waals surface area contributed by atoms with Crippen molar-refractivity contribution >= 4 is 34.0 Å². The molecule has 2 rings (SSSR count). The molecule has 1 aromatic carbocycles. The average Bonchev–Trinajstić information content (AvgIpc) is 2.23. The lowest BCUT2D eigenvalue weighted by atomic mass is 10.1. The second-order valence-corrected chi connectivity index (χ2v) is 3.46. The molecule has 0 atom stereocenters. The molecule has 0 amide bonds. The first-order chi connectivity index (χ1) is 6.74. The third-order valence-electron chi connectivity index (χ3n) is 1.91. The van der Waals surface area contributed by atoms with Gasteiger partial charge in [0.15, 0.2) is 5.69 Å². The normalized spacial score (nSPS) is 10.1. The maximum atomic E-state index is 8.75. The van der Waals surface area contributed by atoms with Gasteiger partial charge in [-0.25, -0.2) is 4.98 Å². The van der Waals surface area contributed by atoms with Crippen LogP contribution in [0.2, 0.25) is 10.2 Å². The number of fused-ring (bicyclic) bond motifs is 1. The summed E-state index contributed by atoms with van der Waals surface area (Å²) in [6.07, 6.45) is 0. The fraction of sp³-hybridized carbons (Fsp3) is 0. The number of nitrogens with zero attached hydrogens (tertiary/aromatic N) is 2. The molecule has 0 aliphatic rings. The van der Waals surface area contributed by atoms with Crippen LogP contribution in [-0.2, 0) is 0 Å². The number of halogens is 2. The SMILES string of the molecule is N#Cc1nc(Cl)c2ccccc2c1Cl. The lowest BCUT2D eigenvalue weighted by Gasteiger charge is -2.02. The van der Waals surface area contributed by atoms with E-state index in [1.807, 2.05) is 30.3 Å². The highest BCUT2D eigenvalue weighted by Gasteiger charge is 2.09. The monoisotopic (exact) mass is 222 g/mol. The first kappa shape index (κ1) is 9.26. The lowest BCUT2D eigenvalue weighted by molar-refractivity contribution is 1.29. The van der Waals surface area contributed by atoms with E-state index in [1.54, 1.807) is 0 Å². The summed E-state index contributed by atoms with van der Waals surface area (Å²) in [5.74, 6) is 0. The molecule has 1 heterocycles. The van der Waals surface area contributed by atoms with Crippen LogP contribution in [0.1, 0.15) is 5.69 Å². The minimum absolute atomic E-state index is 0.162. The van der Waals surface area contributed by atoms with E-state index in [2.05, 4.69) is 4.98 Å². The van der Waals surface area contributed by atoms with Crippen LogP contribution >= 0.6 is 23.2 Å². The summed E-state index contributed by atoms with van der Waals surface area (Å²) in [6, 6.07) is 9.21. The smallest absolute Gasteiger partial charge is 0.161 e. The molecule has 0 bridgehead atoms. The molecule has 0 saturated carbocycles. The van der Waals surface area contributed by atoms with Crippen molar-refractivity contribution in [1.29, 1.82) is 5.26 Å². The van der Waals surface area contributed by atoms with Crippen molar-refractivity contribution in [3.8, 4) is 6.07 Å². The minimum atomic E-state index is 0.162. The van der Waals surface area contributed by atoms with Crippen LogP contribution in [0.15, 0.2) is 24.3 Å². The van der Waals surface area contributed by atoms with Crippen molar-refractivity contribution in [1.82, 2.24) is 4.98 Å². The number of hydrogen-bond donors (Lipinski definition) is 0. The van der Waals surface area contributed by atoms with E-state index in [0.717, 1.165) is 10.8 Å². The van der Waals surface area contributed by atoms with Crippen molar-refractivity contribution in [3.05, 3.63) is 40.1 Å². The van der Waals surface area contributed by atoms with Gasteiger partial charge < -0.3 is 0 Å². The summed E-state index contributed by atoms with van der Waals surface area (Å²) >= 11 is 11.9. The standard InChI is InChI=1S/C10H4Cl2N2/c11-9-6-3-1-2-4-7(6)10(12)14-8(9)5-13/h1-4H. The summed E-state index contributed by atoms with van der Waals surface area (Å²) in [5.41, 5.74) is 0.162. The Morgan fingerprint density at radius 2 is 1.79 bits per heavy atom. The minimum Gasteiger partial charge on any atom is -0.223 e. The van der Waals surface area contributed by atoms with Crippen molar-refractivity contribution in [3.63, 3.8) is 0 Å². The molecule has 0 radical (unpaired) electrons. The Balaban J connectivity index is 2.96. The fourth-order valence-electron chi connectivity index (χ4n) is 1.26. The predicted octanol–water partition coefficient (Wildman–Crippen LogP) is 3.41. The van der Waals surface area contributed by atoms with E-state index in [-0.39, 0.29) is 5.69 Å². The largest absolute Gasteiger partial charge is 0.223 e. The zero-order valence-electron chi connectivity index (χ0n) is 6.96. The van der Waals surface area contributed by atoms with Gasteiger partial charge in [-0.2, -0.15) is 5.26 Å². The fourth-order valence-corrected chi connectivity index (χ4v) is 1.76. The number of rotatable bonds is 0. The van der Waals surface area contributed by atoms with Crippen molar-refractivity contribution in [2.45, 2.75) is 0 Å². The third-order valence-corrected chi connectivity index (χ3v) is 2.58. The van der Waals surface area contributed by atoms with Gasteiger partial charge >= 0.3 is 0 Å². The second kappa shape index (κ2) is 3.45. The Morgan fingerprint density at radius 3 is 2.43 bits per heavy atom. The van der Waals surface area contributed by atoms with Crippen LogP contribution < -0.4 is 0 Å². The number of nitriles is 1. The maximum absolute atomic E-state index is 8.75. The zero-order chi connectivity index (χ0) is 10.1. The van der Waals surface area contributed by atoms with Gasteiger partial charge in [0.25, 0.3) is 0 Å². The quantitative estimate of drug-likeness (QED) is 0.641. The molecule has 2 nitrogen and oxygen atoms in total. The highest BCUT2D eigenvalue weighted by Crippen LogP contribution is 2.29. The third kappa shape index (κ3) is 1.31. The molecule has 0 aliphatic heterocycles. The van der Waals surface area contributed by atoms with Crippen LogP contribution in [0.25, 0.3) is 10.8 Å². The molecule has 0 N–H and O–H groups in total. The second-order valence-electron chi connectivity index (χ2n) is 2.72. The van der Waals surface area contributed by atoms with E-state index in [0.29, 0.717) is 10.2 Å². The number of benzene rings is 1. The maximum Gasteiger partial charge on any atom is 0.161 e. The summed E-state index contributed by atoms with van der Waals surface area (Å²) in [7, 11) is 0. The lowest BCUT2D eigenvalue weighted by Crippen LogP contribution is -1.87. The summed E-state index contributed by atoms with van der Waals surface area (Å²) in [4.78, 5) is 3.89. The molecule has 0 saturated heterocycles. The molecule has 2 aromatic rings. The molecule has 0 spiro atoms. The summed E-state index contributed by atoms with van der Waals surface area (Å²) < 4.78 is 0. The zero-order valence-corrected chi connectivity index (χ0v) is 8.47. The Hall–Kier alpha value is -1.30. The first-order valence-electron chi connectivity index (χ1n) is 3.88. The van der Waals surface area contributed by atoms with Crippen molar-refractivity contribution in [2.75, 3.05) is 0 Å². The number of aromatic nitrogens is 1. The van der Waals surface area contributed by atoms with Gasteiger partial charge in [-0.1, -0.05) is 47.5 Å². The molecular formula is C10H4Cl2N2. The van der Waals surface area contributed by atoms with E-state index >= 15 is 0 Å². The van der Waals surface area contributed by atoms with E-state index in [1.165, 1.54) is 0 Å². The average molecular weight is 223 g/mol. The van der Waals surface area contributed by atoms with Crippen LogP contribution in [0.3, 0.4) is 0 Å². The summed E-state index contributed by atoms with van der Waals surface area (Å²) in [6.45, 7) is 0. The molecule has 4 heteroatoms. The molecule has 1 aromatic heterocycles. The summed E-state index contributed by atoms with van der Waals surface area (Å²) in [5, 5.41) is 10.9. The van der Waals surface area contributed by atoms with E-state index < -0.39 is 0 Å². The van der Waals surface area contributed by atoms with Gasteiger partial charge in [-0.3, -0.25) is 0 Å². The van der Waals surface area contributed by atoms with Gasteiger partial charge in [0, 0.05) is 10.8 Å². The van der Waals surface area contributed by atoms with Crippen LogP contribution in [-0.4, -0.2) is 4.98 Å². The van der Waals surface area contributed by atoms with Gasteiger partial charge in [0.2, 0.25) is 0 Å². The van der Waals surface area contributed by atoms with Crippen molar-refractivity contribution in [2.24, 2.45) is 0 Å². The molecule has 68 valence electrons. The van der Waals surface area contributed by atoms with E-state index in [4.69, 9.17) is 28.5 Å². The Morgan fingerprint density at radius 1 is 1.14 bits per heavy atom. The van der Waals surface area contributed by atoms with Gasteiger partial charge in [0.05, 0.1) is 5.02 Å². The van der Waals surface area contributed by atoms with Gasteiger partial charge in [-0.15, -0.1) is 0 Å². The molecule has 0 unspecified atom stereocenters. The molecular weight excluding hydrogens is 219 g/mol.